The molecular formula is C17H18N2OS. The average Bonchev–Trinajstić information content (AvgIpc) is 2.94. The van der Waals surface area contributed by atoms with Crippen molar-refractivity contribution in [1.29, 1.82) is 0 Å². The number of benzene rings is 2. The Bertz CT molecular complexity index is 737. The predicted octanol–water partition coefficient (Wildman–Crippen LogP) is 4.27. The van der Waals surface area contributed by atoms with Crippen molar-refractivity contribution in [3.63, 3.8) is 0 Å². The maximum Gasteiger partial charge on any atom is 0.183 e. The number of hydrogen-bond donors (Lipinski definition) is 1. The summed E-state index contributed by atoms with van der Waals surface area (Å²) in [5, 5.41) is 4.37. The molecule has 0 saturated heterocycles. The first-order chi connectivity index (χ1) is 10.3. The normalized spacial score (nSPS) is 10.8. The molecule has 0 bridgehead atoms. The van der Waals surface area contributed by atoms with E-state index in [2.05, 4.69) is 47.6 Å². The number of aromatic nitrogens is 1. The van der Waals surface area contributed by atoms with E-state index in [0.717, 1.165) is 29.4 Å². The summed E-state index contributed by atoms with van der Waals surface area (Å²) in [5.74, 6) is 0.836. The number of nitrogens with zero attached hydrogens (tertiary/aromatic N) is 1. The molecule has 3 aromatic rings. The number of rotatable bonds is 5. The highest BCUT2D eigenvalue weighted by Crippen LogP contribution is 2.34. The summed E-state index contributed by atoms with van der Waals surface area (Å²) in [6, 6.07) is 14.5. The van der Waals surface area contributed by atoms with E-state index in [1.165, 1.54) is 15.8 Å². The van der Waals surface area contributed by atoms with Gasteiger partial charge in [-0.15, -0.1) is 0 Å². The molecule has 0 fully saturated rings. The van der Waals surface area contributed by atoms with Gasteiger partial charge in [-0.1, -0.05) is 47.7 Å². The van der Waals surface area contributed by atoms with Crippen LogP contribution in [0.25, 0.3) is 10.2 Å². The van der Waals surface area contributed by atoms with Crippen molar-refractivity contribution in [3.05, 3.63) is 53.6 Å². The molecule has 108 valence electrons. The van der Waals surface area contributed by atoms with Crippen molar-refractivity contribution in [2.24, 2.45) is 0 Å². The molecule has 0 spiro atoms. The van der Waals surface area contributed by atoms with Crippen LogP contribution in [-0.4, -0.2) is 18.6 Å². The molecule has 0 radical (unpaired) electrons. The zero-order chi connectivity index (χ0) is 14.7. The monoisotopic (exact) mass is 298 g/mol. The van der Waals surface area contributed by atoms with Crippen LogP contribution in [0, 0.1) is 6.92 Å². The highest BCUT2D eigenvalue weighted by atomic mass is 32.1. The molecule has 1 heterocycles. The van der Waals surface area contributed by atoms with E-state index in [9.17, 15) is 0 Å². The molecule has 3 nitrogen and oxygen atoms in total. The summed E-state index contributed by atoms with van der Waals surface area (Å²) >= 11 is 1.69. The molecule has 21 heavy (non-hydrogen) atoms. The zero-order valence-corrected chi connectivity index (χ0v) is 13.0. The van der Waals surface area contributed by atoms with Crippen LogP contribution in [-0.2, 0) is 6.42 Å². The van der Waals surface area contributed by atoms with Crippen LogP contribution in [0.4, 0.5) is 5.13 Å². The molecule has 0 aliphatic rings. The fourth-order valence-corrected chi connectivity index (χ4v) is 3.28. The van der Waals surface area contributed by atoms with Gasteiger partial charge in [0.15, 0.2) is 5.13 Å². The van der Waals surface area contributed by atoms with Crippen molar-refractivity contribution in [3.8, 4) is 5.75 Å². The summed E-state index contributed by atoms with van der Waals surface area (Å²) in [7, 11) is 1.69. The van der Waals surface area contributed by atoms with Gasteiger partial charge >= 0.3 is 0 Å². The average molecular weight is 298 g/mol. The number of ether oxygens (including phenoxy) is 1. The molecule has 1 aromatic heterocycles. The quantitative estimate of drug-likeness (QED) is 0.764. The van der Waals surface area contributed by atoms with E-state index in [0.29, 0.717) is 0 Å². The van der Waals surface area contributed by atoms with Crippen molar-refractivity contribution in [1.82, 2.24) is 4.98 Å². The molecule has 0 aliphatic heterocycles. The van der Waals surface area contributed by atoms with Crippen molar-refractivity contribution < 1.29 is 4.74 Å². The van der Waals surface area contributed by atoms with E-state index in [4.69, 9.17) is 4.74 Å². The third-order valence-electron chi connectivity index (χ3n) is 3.46. The first kappa shape index (κ1) is 13.9. The second-order valence-corrected chi connectivity index (χ2v) is 5.94. The molecule has 2 aromatic carbocycles. The lowest BCUT2D eigenvalue weighted by atomic mass is 10.1. The van der Waals surface area contributed by atoms with E-state index >= 15 is 0 Å². The minimum atomic E-state index is 0.836. The molecule has 0 saturated carbocycles. The van der Waals surface area contributed by atoms with Crippen molar-refractivity contribution in [2.75, 3.05) is 19.0 Å². The lowest BCUT2D eigenvalue weighted by Gasteiger charge is -2.02. The topological polar surface area (TPSA) is 34.1 Å². The minimum Gasteiger partial charge on any atom is -0.494 e. The molecule has 0 aliphatic carbocycles. The van der Waals surface area contributed by atoms with E-state index in [-0.39, 0.29) is 0 Å². The number of thiazole rings is 1. The lowest BCUT2D eigenvalue weighted by molar-refractivity contribution is 0.419. The molecule has 1 N–H and O–H groups in total. The Labute approximate surface area is 128 Å². The highest BCUT2D eigenvalue weighted by Gasteiger charge is 2.10. The van der Waals surface area contributed by atoms with Crippen LogP contribution < -0.4 is 10.1 Å². The van der Waals surface area contributed by atoms with Crippen molar-refractivity contribution in [2.45, 2.75) is 13.3 Å². The third-order valence-corrected chi connectivity index (χ3v) is 4.60. The zero-order valence-electron chi connectivity index (χ0n) is 12.2. The standard InChI is InChI=1S/C17H18N2OS/c1-12-8-9-14(20-2)15-16(12)21-17(19-15)18-11-10-13-6-4-3-5-7-13/h3-9H,10-11H2,1-2H3,(H,18,19). The van der Waals surface area contributed by atoms with Crippen LogP contribution in [0.3, 0.4) is 0 Å². The maximum absolute atomic E-state index is 5.39. The predicted molar refractivity (Wildman–Crippen MR) is 89.5 cm³/mol. The Morgan fingerprint density at radius 3 is 2.71 bits per heavy atom. The number of hydrogen-bond acceptors (Lipinski definition) is 4. The fraction of sp³-hybridized carbons (Fsp3) is 0.235. The Morgan fingerprint density at radius 2 is 1.95 bits per heavy atom. The Balaban J connectivity index is 1.74. The summed E-state index contributed by atoms with van der Waals surface area (Å²) in [4.78, 5) is 4.66. The molecule has 0 atom stereocenters. The van der Waals surface area contributed by atoms with E-state index in [1.807, 2.05) is 12.1 Å². The van der Waals surface area contributed by atoms with Gasteiger partial charge in [0.25, 0.3) is 0 Å². The number of aryl methyl sites for hydroxylation is 1. The highest BCUT2D eigenvalue weighted by molar-refractivity contribution is 7.22. The van der Waals surface area contributed by atoms with Crippen LogP contribution in [0.15, 0.2) is 42.5 Å². The molecule has 4 heteroatoms. The van der Waals surface area contributed by atoms with Gasteiger partial charge in [0.05, 0.1) is 11.8 Å². The van der Waals surface area contributed by atoms with Crippen LogP contribution in [0.1, 0.15) is 11.1 Å². The molecule has 0 amide bonds. The minimum absolute atomic E-state index is 0.836. The maximum atomic E-state index is 5.39. The van der Waals surface area contributed by atoms with Gasteiger partial charge in [-0.3, -0.25) is 0 Å². The van der Waals surface area contributed by atoms with Crippen molar-refractivity contribution >= 4 is 26.7 Å². The second kappa shape index (κ2) is 6.14. The van der Waals surface area contributed by atoms with Gasteiger partial charge in [0, 0.05) is 6.54 Å². The van der Waals surface area contributed by atoms with Gasteiger partial charge < -0.3 is 10.1 Å². The number of nitrogens with one attached hydrogen (secondary N) is 1. The van der Waals surface area contributed by atoms with E-state index < -0.39 is 0 Å². The Morgan fingerprint density at radius 1 is 1.14 bits per heavy atom. The SMILES string of the molecule is COc1ccc(C)c2sc(NCCc3ccccc3)nc12. The Kier molecular flexibility index (Phi) is 4.06. The molecule has 0 unspecified atom stereocenters. The Hall–Kier alpha value is -2.07. The van der Waals surface area contributed by atoms with Gasteiger partial charge in [-0.05, 0) is 30.5 Å². The lowest BCUT2D eigenvalue weighted by Crippen LogP contribution is -2.04. The summed E-state index contributed by atoms with van der Waals surface area (Å²) in [5.41, 5.74) is 3.52. The molecular weight excluding hydrogens is 280 g/mol. The largest absolute Gasteiger partial charge is 0.494 e. The summed E-state index contributed by atoms with van der Waals surface area (Å²) in [6.45, 7) is 2.99. The van der Waals surface area contributed by atoms with Gasteiger partial charge in [-0.2, -0.15) is 0 Å². The number of anilines is 1. The van der Waals surface area contributed by atoms with Gasteiger partial charge in [0.1, 0.15) is 11.3 Å². The van der Waals surface area contributed by atoms with Gasteiger partial charge in [0.2, 0.25) is 0 Å². The number of fused-ring (bicyclic) bond motifs is 1. The number of methoxy groups -OCH3 is 1. The molecule has 3 rings (SSSR count). The van der Waals surface area contributed by atoms with Crippen LogP contribution in [0.5, 0.6) is 5.75 Å². The first-order valence-corrected chi connectivity index (χ1v) is 7.81. The smallest absolute Gasteiger partial charge is 0.183 e. The first-order valence-electron chi connectivity index (χ1n) is 7.00. The van der Waals surface area contributed by atoms with Crippen LogP contribution >= 0.6 is 11.3 Å². The third kappa shape index (κ3) is 3.00. The summed E-state index contributed by atoms with van der Waals surface area (Å²) in [6.07, 6.45) is 0.993. The van der Waals surface area contributed by atoms with Gasteiger partial charge in [-0.25, -0.2) is 4.98 Å². The fourth-order valence-electron chi connectivity index (χ4n) is 2.31. The summed E-state index contributed by atoms with van der Waals surface area (Å²) < 4.78 is 6.58. The second-order valence-electron chi connectivity index (χ2n) is 4.94. The van der Waals surface area contributed by atoms with E-state index in [1.54, 1.807) is 18.4 Å². The van der Waals surface area contributed by atoms with Crippen LogP contribution in [0.2, 0.25) is 0 Å².